The van der Waals surface area contributed by atoms with E-state index in [4.69, 9.17) is 5.73 Å². The zero-order valence-corrected chi connectivity index (χ0v) is 13.2. The molecule has 0 spiro atoms. The molecule has 0 aliphatic heterocycles. The van der Waals surface area contributed by atoms with Gasteiger partial charge in [0.1, 0.15) is 0 Å². The highest BCUT2D eigenvalue weighted by Gasteiger charge is 2.33. The van der Waals surface area contributed by atoms with Crippen LogP contribution in [0.15, 0.2) is 0 Å². The molecule has 4 nitrogen and oxygen atoms in total. The van der Waals surface area contributed by atoms with E-state index in [2.05, 4.69) is 45.1 Å². The van der Waals surface area contributed by atoms with Crippen LogP contribution in [0.25, 0.3) is 0 Å². The molecule has 1 rings (SSSR count). The fourth-order valence-electron chi connectivity index (χ4n) is 3.14. The number of nitrogens with one attached hydrogen (secondary N) is 1. The largest absolute Gasteiger partial charge is 0.355 e. The molecule has 0 aromatic carbocycles. The van der Waals surface area contributed by atoms with Gasteiger partial charge in [-0.1, -0.05) is 27.2 Å². The predicted molar refractivity (Wildman–Crippen MR) is 79.8 cm³/mol. The average Bonchev–Trinajstić information content (AvgIpc) is 2.28. The Morgan fingerprint density at radius 1 is 1.37 bits per heavy atom. The first-order chi connectivity index (χ1) is 8.73. The molecule has 0 aromatic heterocycles. The molecule has 0 saturated heterocycles. The van der Waals surface area contributed by atoms with Crippen molar-refractivity contribution in [1.82, 2.24) is 10.2 Å². The van der Waals surface area contributed by atoms with E-state index in [9.17, 15) is 4.79 Å². The van der Waals surface area contributed by atoms with Gasteiger partial charge in [0.05, 0.1) is 0 Å². The van der Waals surface area contributed by atoms with Crippen LogP contribution in [0, 0.1) is 17.3 Å². The summed E-state index contributed by atoms with van der Waals surface area (Å²) in [6.45, 7) is 8.17. The van der Waals surface area contributed by atoms with Crippen molar-refractivity contribution in [2.24, 2.45) is 23.0 Å². The molecule has 0 heterocycles. The summed E-state index contributed by atoms with van der Waals surface area (Å²) in [6.07, 6.45) is 3.11. The molecule has 0 radical (unpaired) electrons. The fourth-order valence-corrected chi connectivity index (χ4v) is 3.14. The second kappa shape index (κ2) is 6.71. The van der Waals surface area contributed by atoms with Gasteiger partial charge in [0.2, 0.25) is 5.91 Å². The van der Waals surface area contributed by atoms with Gasteiger partial charge in [-0.3, -0.25) is 4.79 Å². The van der Waals surface area contributed by atoms with Crippen molar-refractivity contribution in [1.29, 1.82) is 0 Å². The minimum atomic E-state index is 0.0962. The summed E-state index contributed by atoms with van der Waals surface area (Å²) in [5.74, 6) is 0.582. The van der Waals surface area contributed by atoms with Crippen LogP contribution >= 0.6 is 0 Å². The fraction of sp³-hybridized carbons (Fsp3) is 0.933. The summed E-state index contributed by atoms with van der Waals surface area (Å²) >= 11 is 0. The molecule has 1 aliphatic carbocycles. The third-order valence-electron chi connectivity index (χ3n) is 4.18. The molecule has 0 aromatic rings. The van der Waals surface area contributed by atoms with Gasteiger partial charge in [-0.25, -0.2) is 0 Å². The van der Waals surface area contributed by atoms with Gasteiger partial charge in [0.25, 0.3) is 0 Å². The Morgan fingerprint density at radius 2 is 2.00 bits per heavy atom. The lowest BCUT2D eigenvalue weighted by Crippen LogP contribution is -2.47. The minimum Gasteiger partial charge on any atom is -0.355 e. The van der Waals surface area contributed by atoms with E-state index >= 15 is 0 Å². The van der Waals surface area contributed by atoms with Crippen LogP contribution in [0.2, 0.25) is 0 Å². The SMILES string of the molecule is CC1C(N)CCCC1C(=O)NCC(C)(C)CN(C)C. The zero-order chi connectivity index (χ0) is 14.6. The third-order valence-corrected chi connectivity index (χ3v) is 4.18. The quantitative estimate of drug-likeness (QED) is 0.794. The first kappa shape index (κ1) is 16.4. The smallest absolute Gasteiger partial charge is 0.223 e. The summed E-state index contributed by atoms with van der Waals surface area (Å²) in [7, 11) is 4.12. The molecular weight excluding hydrogens is 238 g/mol. The standard InChI is InChI=1S/C15H31N3O/c1-11-12(7-6-8-13(11)16)14(19)17-9-15(2,3)10-18(4)5/h11-13H,6-10,16H2,1-5H3,(H,17,19). The lowest BCUT2D eigenvalue weighted by atomic mass is 9.76. The minimum absolute atomic E-state index is 0.0962. The first-order valence-electron chi connectivity index (χ1n) is 7.41. The van der Waals surface area contributed by atoms with E-state index in [0.29, 0.717) is 5.92 Å². The van der Waals surface area contributed by atoms with Crippen LogP contribution < -0.4 is 11.1 Å². The van der Waals surface area contributed by atoms with Crippen LogP contribution in [-0.2, 0) is 4.79 Å². The molecule has 112 valence electrons. The van der Waals surface area contributed by atoms with Crippen LogP contribution in [0.5, 0.6) is 0 Å². The number of hydrogen-bond acceptors (Lipinski definition) is 3. The van der Waals surface area contributed by atoms with Crippen LogP contribution in [-0.4, -0.2) is 44.0 Å². The Labute approximate surface area is 118 Å². The molecule has 1 saturated carbocycles. The van der Waals surface area contributed by atoms with Crippen molar-refractivity contribution in [3.63, 3.8) is 0 Å². The Kier molecular flexibility index (Phi) is 5.81. The van der Waals surface area contributed by atoms with Gasteiger partial charge < -0.3 is 16.0 Å². The Morgan fingerprint density at radius 3 is 2.58 bits per heavy atom. The van der Waals surface area contributed by atoms with Crippen LogP contribution in [0.1, 0.15) is 40.0 Å². The number of carbonyl (C=O) groups is 1. The van der Waals surface area contributed by atoms with Crippen molar-refractivity contribution in [2.75, 3.05) is 27.2 Å². The monoisotopic (exact) mass is 269 g/mol. The van der Waals surface area contributed by atoms with E-state index in [0.717, 1.165) is 32.4 Å². The highest BCUT2D eigenvalue weighted by atomic mass is 16.1. The maximum absolute atomic E-state index is 12.3. The maximum Gasteiger partial charge on any atom is 0.223 e. The molecule has 3 N–H and O–H groups in total. The number of hydrogen-bond donors (Lipinski definition) is 2. The highest BCUT2D eigenvalue weighted by Crippen LogP contribution is 2.29. The van der Waals surface area contributed by atoms with Gasteiger partial charge in [-0.2, -0.15) is 0 Å². The lowest BCUT2D eigenvalue weighted by Gasteiger charge is -2.34. The van der Waals surface area contributed by atoms with Gasteiger partial charge in [-0.15, -0.1) is 0 Å². The van der Waals surface area contributed by atoms with E-state index in [-0.39, 0.29) is 23.3 Å². The van der Waals surface area contributed by atoms with E-state index in [1.54, 1.807) is 0 Å². The zero-order valence-electron chi connectivity index (χ0n) is 13.2. The first-order valence-corrected chi connectivity index (χ1v) is 7.41. The summed E-state index contributed by atoms with van der Waals surface area (Å²) in [4.78, 5) is 14.5. The van der Waals surface area contributed by atoms with Crippen molar-refractivity contribution < 1.29 is 4.79 Å². The van der Waals surface area contributed by atoms with Gasteiger partial charge in [0.15, 0.2) is 0 Å². The number of carbonyl (C=O) groups excluding carboxylic acids is 1. The number of amides is 1. The molecule has 19 heavy (non-hydrogen) atoms. The second-order valence-electron chi connectivity index (χ2n) is 7.18. The van der Waals surface area contributed by atoms with Crippen molar-refractivity contribution in [3.05, 3.63) is 0 Å². The van der Waals surface area contributed by atoms with E-state index < -0.39 is 0 Å². The molecule has 3 atom stereocenters. The normalized spacial score (nSPS) is 28.5. The maximum atomic E-state index is 12.3. The number of nitrogens with zero attached hydrogens (tertiary/aromatic N) is 1. The molecule has 3 unspecified atom stereocenters. The van der Waals surface area contributed by atoms with Crippen molar-refractivity contribution in [2.45, 2.75) is 46.1 Å². The van der Waals surface area contributed by atoms with Gasteiger partial charge in [-0.05, 0) is 38.3 Å². The predicted octanol–water partition coefficient (Wildman–Crippen LogP) is 1.45. The topological polar surface area (TPSA) is 58.4 Å². The number of nitrogens with two attached hydrogens (primary N) is 1. The van der Waals surface area contributed by atoms with Gasteiger partial charge in [0, 0.05) is 25.0 Å². The van der Waals surface area contributed by atoms with Crippen LogP contribution in [0.4, 0.5) is 0 Å². The summed E-state index contributed by atoms with van der Waals surface area (Å²) in [5, 5.41) is 3.13. The highest BCUT2D eigenvalue weighted by molar-refractivity contribution is 5.79. The van der Waals surface area contributed by atoms with E-state index in [1.807, 2.05) is 0 Å². The molecule has 4 heteroatoms. The van der Waals surface area contributed by atoms with Crippen molar-refractivity contribution >= 4 is 5.91 Å². The van der Waals surface area contributed by atoms with Crippen molar-refractivity contribution in [3.8, 4) is 0 Å². The molecular formula is C15H31N3O. The second-order valence-corrected chi connectivity index (χ2v) is 7.18. The Hall–Kier alpha value is -0.610. The Bertz CT molecular complexity index is 302. The van der Waals surface area contributed by atoms with Crippen LogP contribution in [0.3, 0.4) is 0 Å². The summed E-state index contributed by atoms with van der Waals surface area (Å²) in [5.41, 5.74) is 6.16. The summed E-state index contributed by atoms with van der Waals surface area (Å²) < 4.78 is 0. The molecule has 1 fully saturated rings. The number of rotatable bonds is 5. The molecule has 0 bridgehead atoms. The Balaban J connectivity index is 2.46. The molecule has 1 amide bonds. The lowest BCUT2D eigenvalue weighted by molar-refractivity contribution is -0.128. The average molecular weight is 269 g/mol. The third kappa shape index (κ3) is 5.11. The van der Waals surface area contributed by atoms with E-state index in [1.165, 1.54) is 0 Å². The molecule has 1 aliphatic rings. The summed E-state index contributed by atoms with van der Waals surface area (Å²) in [6, 6.07) is 0.180. The van der Waals surface area contributed by atoms with Gasteiger partial charge >= 0.3 is 0 Å².